The molecule has 0 aliphatic carbocycles. The molecule has 0 aliphatic rings. The van der Waals surface area contributed by atoms with Crippen LogP contribution in [0.25, 0.3) is 5.69 Å². The molecule has 2 aromatic rings. The van der Waals surface area contributed by atoms with E-state index in [1.807, 2.05) is 0 Å². The SMILES string of the molecule is CNCc1ccn(-c2ccc(C(F)(F)F)cc2Cl)n1. The second-order valence-corrected chi connectivity index (χ2v) is 4.35. The van der Waals surface area contributed by atoms with Gasteiger partial charge in [0.15, 0.2) is 0 Å². The van der Waals surface area contributed by atoms with Crippen molar-refractivity contribution in [3.8, 4) is 5.69 Å². The predicted octanol–water partition coefficient (Wildman–Crippen LogP) is 3.26. The first kappa shape index (κ1) is 13.9. The maximum Gasteiger partial charge on any atom is 0.416 e. The van der Waals surface area contributed by atoms with E-state index in [1.165, 1.54) is 10.7 Å². The van der Waals surface area contributed by atoms with Gasteiger partial charge in [-0.15, -0.1) is 0 Å². The van der Waals surface area contributed by atoms with Crippen molar-refractivity contribution in [1.82, 2.24) is 15.1 Å². The molecule has 0 saturated carbocycles. The second-order valence-electron chi connectivity index (χ2n) is 3.95. The van der Waals surface area contributed by atoms with E-state index in [2.05, 4.69) is 10.4 Å². The van der Waals surface area contributed by atoms with Crippen molar-refractivity contribution in [1.29, 1.82) is 0 Å². The molecule has 0 spiro atoms. The van der Waals surface area contributed by atoms with Crippen LogP contribution in [0.5, 0.6) is 0 Å². The number of nitrogens with zero attached hydrogens (tertiary/aromatic N) is 2. The van der Waals surface area contributed by atoms with Crippen LogP contribution >= 0.6 is 11.6 Å². The van der Waals surface area contributed by atoms with Gasteiger partial charge in [-0.3, -0.25) is 0 Å². The monoisotopic (exact) mass is 289 g/mol. The summed E-state index contributed by atoms with van der Waals surface area (Å²) < 4.78 is 39.0. The van der Waals surface area contributed by atoms with Crippen LogP contribution in [0.4, 0.5) is 13.2 Å². The van der Waals surface area contributed by atoms with Gasteiger partial charge in [-0.1, -0.05) is 11.6 Å². The van der Waals surface area contributed by atoms with E-state index in [0.29, 0.717) is 12.2 Å². The highest BCUT2D eigenvalue weighted by Gasteiger charge is 2.31. The first-order valence-electron chi connectivity index (χ1n) is 5.48. The Morgan fingerprint density at radius 3 is 2.63 bits per heavy atom. The van der Waals surface area contributed by atoms with Gasteiger partial charge in [0.25, 0.3) is 0 Å². The number of hydrogen-bond donors (Lipinski definition) is 1. The van der Waals surface area contributed by atoms with Crippen LogP contribution in [0.1, 0.15) is 11.3 Å². The van der Waals surface area contributed by atoms with E-state index >= 15 is 0 Å². The Hall–Kier alpha value is -1.53. The quantitative estimate of drug-likeness (QED) is 0.940. The molecule has 1 N–H and O–H groups in total. The molecule has 0 bridgehead atoms. The van der Waals surface area contributed by atoms with E-state index in [9.17, 15) is 13.2 Å². The van der Waals surface area contributed by atoms with E-state index in [-0.39, 0.29) is 5.02 Å². The van der Waals surface area contributed by atoms with Crippen LogP contribution in [0, 0.1) is 0 Å². The molecule has 0 radical (unpaired) electrons. The molecule has 0 saturated heterocycles. The van der Waals surface area contributed by atoms with Gasteiger partial charge in [0, 0.05) is 12.7 Å². The Balaban J connectivity index is 2.35. The summed E-state index contributed by atoms with van der Waals surface area (Å²) in [6.07, 6.45) is -2.75. The summed E-state index contributed by atoms with van der Waals surface area (Å²) in [5.41, 5.74) is 0.416. The Morgan fingerprint density at radius 1 is 1.32 bits per heavy atom. The fourth-order valence-corrected chi connectivity index (χ4v) is 1.91. The predicted molar refractivity (Wildman–Crippen MR) is 66.3 cm³/mol. The van der Waals surface area contributed by atoms with Crippen molar-refractivity contribution in [3.63, 3.8) is 0 Å². The molecule has 0 aliphatic heterocycles. The summed E-state index contributed by atoms with van der Waals surface area (Å²) in [5.74, 6) is 0. The van der Waals surface area contributed by atoms with Gasteiger partial charge >= 0.3 is 6.18 Å². The Labute approximate surface area is 113 Å². The number of halogens is 4. The number of nitrogens with one attached hydrogen (secondary N) is 1. The lowest BCUT2D eigenvalue weighted by molar-refractivity contribution is -0.137. The van der Waals surface area contributed by atoms with Gasteiger partial charge in [-0.2, -0.15) is 18.3 Å². The lowest BCUT2D eigenvalue weighted by Gasteiger charge is -2.09. The van der Waals surface area contributed by atoms with Gasteiger partial charge in [0.1, 0.15) is 0 Å². The molecule has 2 rings (SSSR count). The van der Waals surface area contributed by atoms with E-state index in [0.717, 1.165) is 17.8 Å². The number of benzene rings is 1. The third kappa shape index (κ3) is 3.08. The minimum absolute atomic E-state index is 0.00827. The largest absolute Gasteiger partial charge is 0.416 e. The topological polar surface area (TPSA) is 29.9 Å². The Morgan fingerprint density at radius 2 is 2.05 bits per heavy atom. The number of aromatic nitrogens is 2. The highest BCUT2D eigenvalue weighted by molar-refractivity contribution is 6.32. The minimum Gasteiger partial charge on any atom is -0.314 e. The first-order valence-corrected chi connectivity index (χ1v) is 5.86. The van der Waals surface area contributed by atoms with Gasteiger partial charge in [-0.05, 0) is 31.3 Å². The summed E-state index contributed by atoms with van der Waals surface area (Å²) in [4.78, 5) is 0. The van der Waals surface area contributed by atoms with Crippen LogP contribution in [0.2, 0.25) is 5.02 Å². The smallest absolute Gasteiger partial charge is 0.314 e. The summed E-state index contributed by atoms with van der Waals surface area (Å²) in [6, 6.07) is 4.96. The van der Waals surface area contributed by atoms with E-state index in [1.54, 1.807) is 19.3 Å². The molecule has 0 unspecified atom stereocenters. The molecule has 102 valence electrons. The fourth-order valence-electron chi connectivity index (χ4n) is 1.64. The van der Waals surface area contributed by atoms with E-state index < -0.39 is 11.7 Å². The number of hydrogen-bond acceptors (Lipinski definition) is 2. The molecule has 0 fully saturated rings. The molecule has 1 heterocycles. The van der Waals surface area contributed by atoms with Gasteiger partial charge in [0.2, 0.25) is 0 Å². The molecule has 0 amide bonds. The van der Waals surface area contributed by atoms with E-state index in [4.69, 9.17) is 11.6 Å². The average molecular weight is 290 g/mol. The number of alkyl halides is 3. The minimum atomic E-state index is -4.40. The second kappa shape index (κ2) is 5.22. The van der Waals surface area contributed by atoms with Crippen molar-refractivity contribution in [2.45, 2.75) is 12.7 Å². The normalized spacial score (nSPS) is 11.8. The zero-order chi connectivity index (χ0) is 14.0. The maximum absolute atomic E-state index is 12.5. The Bertz CT molecular complexity index is 578. The molecular weight excluding hydrogens is 279 g/mol. The average Bonchev–Trinajstić information content (AvgIpc) is 2.76. The Kier molecular flexibility index (Phi) is 3.82. The van der Waals surface area contributed by atoms with Crippen LogP contribution in [0.15, 0.2) is 30.5 Å². The number of rotatable bonds is 3. The summed E-state index contributed by atoms with van der Waals surface area (Å²) >= 11 is 5.88. The molecule has 19 heavy (non-hydrogen) atoms. The third-order valence-corrected chi connectivity index (χ3v) is 2.83. The van der Waals surface area contributed by atoms with Crippen molar-refractivity contribution in [3.05, 3.63) is 46.7 Å². The lowest BCUT2D eigenvalue weighted by atomic mass is 10.2. The zero-order valence-electron chi connectivity index (χ0n) is 10.0. The van der Waals surface area contributed by atoms with Crippen LogP contribution < -0.4 is 5.32 Å². The molecule has 1 aromatic heterocycles. The lowest BCUT2D eigenvalue weighted by Crippen LogP contribution is -2.07. The summed E-state index contributed by atoms with van der Waals surface area (Å²) in [7, 11) is 1.78. The molecule has 0 atom stereocenters. The standard InChI is InChI=1S/C12H11ClF3N3/c1-17-7-9-4-5-19(18-9)11-3-2-8(6-10(11)13)12(14,15)16/h2-6,17H,7H2,1H3. The summed E-state index contributed by atoms with van der Waals surface area (Å²) in [5, 5.41) is 7.15. The van der Waals surface area contributed by atoms with Crippen LogP contribution in [0.3, 0.4) is 0 Å². The van der Waals surface area contributed by atoms with Crippen molar-refractivity contribution in [2.24, 2.45) is 0 Å². The molecule has 7 heteroatoms. The van der Waals surface area contributed by atoms with Gasteiger partial charge in [-0.25, -0.2) is 4.68 Å². The molecular formula is C12H11ClF3N3. The highest BCUT2D eigenvalue weighted by atomic mass is 35.5. The van der Waals surface area contributed by atoms with Crippen molar-refractivity contribution >= 4 is 11.6 Å². The van der Waals surface area contributed by atoms with Crippen molar-refractivity contribution < 1.29 is 13.2 Å². The molecule has 3 nitrogen and oxygen atoms in total. The van der Waals surface area contributed by atoms with Gasteiger partial charge in [0.05, 0.1) is 22.0 Å². The third-order valence-electron chi connectivity index (χ3n) is 2.52. The first-order chi connectivity index (χ1) is 8.91. The van der Waals surface area contributed by atoms with Crippen molar-refractivity contribution in [2.75, 3.05) is 7.05 Å². The summed E-state index contributed by atoms with van der Waals surface area (Å²) in [6.45, 7) is 0.575. The molecule has 1 aromatic carbocycles. The van der Waals surface area contributed by atoms with Crippen LogP contribution in [-0.4, -0.2) is 16.8 Å². The van der Waals surface area contributed by atoms with Crippen LogP contribution in [-0.2, 0) is 12.7 Å². The fraction of sp³-hybridized carbons (Fsp3) is 0.250. The van der Waals surface area contributed by atoms with Gasteiger partial charge < -0.3 is 5.32 Å². The maximum atomic E-state index is 12.5. The highest BCUT2D eigenvalue weighted by Crippen LogP contribution is 2.32. The zero-order valence-corrected chi connectivity index (χ0v) is 10.8.